The van der Waals surface area contributed by atoms with Gasteiger partial charge in [0.1, 0.15) is 0 Å². The highest BCUT2D eigenvalue weighted by Gasteiger charge is 2.16. The van der Waals surface area contributed by atoms with E-state index in [1.54, 1.807) is 18.2 Å². The van der Waals surface area contributed by atoms with Crippen LogP contribution in [0.1, 0.15) is 11.1 Å². The lowest BCUT2D eigenvalue weighted by molar-refractivity contribution is -0.136. The van der Waals surface area contributed by atoms with Gasteiger partial charge < -0.3 is 5.11 Å². The van der Waals surface area contributed by atoms with E-state index in [-0.39, 0.29) is 0 Å². The van der Waals surface area contributed by atoms with Gasteiger partial charge in [-0.1, -0.05) is 6.07 Å². The van der Waals surface area contributed by atoms with E-state index in [0.717, 1.165) is 0 Å². The quantitative estimate of drug-likeness (QED) is 0.686. The van der Waals surface area contributed by atoms with Crippen LogP contribution < -0.4 is 0 Å². The average molecular weight is 172 g/mol. The first kappa shape index (κ1) is 8.01. The Morgan fingerprint density at radius 1 is 1.64 bits per heavy atom. The molecule has 0 spiro atoms. The molecule has 1 N–H and O–H groups in total. The molecule has 0 saturated carbocycles. The number of hydrogen-bond acceptors (Lipinski definition) is 2. The number of halogens is 1. The largest absolute Gasteiger partial charge is 0.480 e. The molecule has 1 atom stereocenters. The smallest absolute Gasteiger partial charge is 0.327 e. The van der Waals surface area contributed by atoms with Crippen LogP contribution in [0, 0.1) is 0 Å². The standard InChI is InChI=1S/C7H6ClNO2/c8-6(7(10)11)5-3-1-2-4-9-5/h1-4,6H,(H,10,11). The zero-order valence-electron chi connectivity index (χ0n) is 5.57. The van der Waals surface area contributed by atoms with Gasteiger partial charge in [0.2, 0.25) is 0 Å². The molecular weight excluding hydrogens is 166 g/mol. The zero-order valence-corrected chi connectivity index (χ0v) is 6.32. The number of hydrogen-bond donors (Lipinski definition) is 1. The van der Waals surface area contributed by atoms with Crippen molar-refractivity contribution in [3.63, 3.8) is 0 Å². The molecule has 3 nitrogen and oxygen atoms in total. The molecule has 4 heteroatoms. The molecule has 1 rings (SSSR count). The molecule has 1 aromatic heterocycles. The van der Waals surface area contributed by atoms with E-state index in [2.05, 4.69) is 4.98 Å². The summed E-state index contributed by atoms with van der Waals surface area (Å²) < 4.78 is 0. The predicted octanol–water partition coefficient (Wildman–Crippen LogP) is 1.45. The molecule has 1 heterocycles. The van der Waals surface area contributed by atoms with Crippen LogP contribution in [0.15, 0.2) is 24.4 Å². The summed E-state index contributed by atoms with van der Waals surface area (Å²) in [6.45, 7) is 0. The van der Waals surface area contributed by atoms with Gasteiger partial charge >= 0.3 is 5.97 Å². The fourth-order valence-corrected chi connectivity index (χ4v) is 0.781. The first-order valence-electron chi connectivity index (χ1n) is 2.99. The molecule has 0 bridgehead atoms. The van der Waals surface area contributed by atoms with E-state index in [1.807, 2.05) is 0 Å². The Kier molecular flexibility index (Phi) is 2.44. The van der Waals surface area contributed by atoms with Crippen LogP contribution >= 0.6 is 11.6 Å². The second-order valence-corrected chi connectivity index (χ2v) is 2.39. The fourth-order valence-electron chi connectivity index (χ4n) is 0.652. The predicted molar refractivity (Wildman–Crippen MR) is 40.5 cm³/mol. The first-order valence-corrected chi connectivity index (χ1v) is 3.43. The number of aromatic nitrogens is 1. The lowest BCUT2D eigenvalue weighted by Gasteiger charge is -2.00. The third-order valence-corrected chi connectivity index (χ3v) is 1.57. The van der Waals surface area contributed by atoms with Gasteiger partial charge in [-0.3, -0.25) is 9.78 Å². The van der Waals surface area contributed by atoms with Crippen molar-refractivity contribution < 1.29 is 9.90 Å². The minimum atomic E-state index is -1.08. The van der Waals surface area contributed by atoms with Crippen molar-refractivity contribution in [3.05, 3.63) is 30.1 Å². The molecule has 58 valence electrons. The first-order chi connectivity index (χ1) is 5.22. The van der Waals surface area contributed by atoms with Gasteiger partial charge in [-0.25, -0.2) is 0 Å². The SMILES string of the molecule is O=C(O)C(Cl)c1ccccn1. The molecule has 0 saturated heterocycles. The number of pyridine rings is 1. The van der Waals surface area contributed by atoms with Crippen LogP contribution in [0.4, 0.5) is 0 Å². The lowest BCUT2D eigenvalue weighted by Crippen LogP contribution is -2.06. The Bertz CT molecular complexity index is 250. The highest BCUT2D eigenvalue weighted by Crippen LogP contribution is 2.16. The van der Waals surface area contributed by atoms with Crippen molar-refractivity contribution in [2.75, 3.05) is 0 Å². The third-order valence-electron chi connectivity index (χ3n) is 1.16. The summed E-state index contributed by atoms with van der Waals surface area (Å²) in [6, 6.07) is 4.97. The van der Waals surface area contributed by atoms with Crippen molar-refractivity contribution >= 4 is 17.6 Å². The van der Waals surface area contributed by atoms with Crippen molar-refractivity contribution in [2.45, 2.75) is 5.38 Å². The Balaban J connectivity index is 2.85. The van der Waals surface area contributed by atoms with E-state index in [4.69, 9.17) is 16.7 Å². The summed E-state index contributed by atoms with van der Waals surface area (Å²) in [5.41, 5.74) is 0.363. The number of alkyl halides is 1. The third kappa shape index (κ3) is 1.91. The van der Waals surface area contributed by atoms with Crippen LogP contribution in [-0.2, 0) is 4.79 Å². The summed E-state index contributed by atoms with van der Waals surface area (Å²) in [5.74, 6) is -1.08. The number of carboxylic acids is 1. The van der Waals surface area contributed by atoms with Crippen molar-refractivity contribution in [3.8, 4) is 0 Å². The molecule has 0 aliphatic rings. The molecule has 1 unspecified atom stereocenters. The van der Waals surface area contributed by atoms with Crippen LogP contribution in [0.2, 0.25) is 0 Å². The molecule has 0 aliphatic heterocycles. The van der Waals surface area contributed by atoms with Gasteiger partial charge in [-0.15, -0.1) is 11.6 Å². The Morgan fingerprint density at radius 3 is 2.82 bits per heavy atom. The van der Waals surface area contributed by atoms with Crippen molar-refractivity contribution in [2.24, 2.45) is 0 Å². The maximum atomic E-state index is 10.3. The molecule has 1 aromatic rings. The van der Waals surface area contributed by atoms with Crippen LogP contribution in [0.5, 0.6) is 0 Å². The van der Waals surface area contributed by atoms with Gasteiger partial charge in [0, 0.05) is 6.20 Å². The Morgan fingerprint density at radius 2 is 2.36 bits per heavy atom. The molecule has 0 radical (unpaired) electrons. The van der Waals surface area contributed by atoms with Gasteiger partial charge in [0.15, 0.2) is 5.38 Å². The number of carbonyl (C=O) groups is 1. The highest BCUT2D eigenvalue weighted by molar-refractivity contribution is 6.29. The zero-order chi connectivity index (χ0) is 8.27. The molecular formula is C7H6ClNO2. The summed E-state index contributed by atoms with van der Waals surface area (Å²) in [5, 5.41) is 7.42. The summed E-state index contributed by atoms with van der Waals surface area (Å²) in [6.07, 6.45) is 1.51. The van der Waals surface area contributed by atoms with Gasteiger partial charge in [-0.05, 0) is 12.1 Å². The minimum absolute atomic E-state index is 0.363. The van der Waals surface area contributed by atoms with Crippen molar-refractivity contribution in [1.29, 1.82) is 0 Å². The van der Waals surface area contributed by atoms with Gasteiger partial charge in [0.05, 0.1) is 5.69 Å². The van der Waals surface area contributed by atoms with Crippen LogP contribution in [-0.4, -0.2) is 16.1 Å². The Labute approximate surface area is 68.6 Å². The molecule has 0 amide bonds. The van der Waals surface area contributed by atoms with E-state index in [1.165, 1.54) is 6.20 Å². The topological polar surface area (TPSA) is 50.2 Å². The van der Waals surface area contributed by atoms with E-state index >= 15 is 0 Å². The average Bonchev–Trinajstić information content (AvgIpc) is 2.05. The molecule has 0 aromatic carbocycles. The minimum Gasteiger partial charge on any atom is -0.480 e. The maximum absolute atomic E-state index is 10.3. The number of rotatable bonds is 2. The number of carboxylic acid groups (broad SMARTS) is 1. The monoisotopic (exact) mass is 171 g/mol. The molecule has 11 heavy (non-hydrogen) atoms. The van der Waals surface area contributed by atoms with Crippen molar-refractivity contribution in [1.82, 2.24) is 4.98 Å². The summed E-state index contributed by atoms with van der Waals surface area (Å²) in [7, 11) is 0. The Hall–Kier alpha value is -1.09. The lowest BCUT2D eigenvalue weighted by atomic mass is 10.3. The molecule has 0 aliphatic carbocycles. The second kappa shape index (κ2) is 3.34. The highest BCUT2D eigenvalue weighted by atomic mass is 35.5. The number of nitrogens with zero attached hydrogens (tertiary/aromatic N) is 1. The van der Waals surface area contributed by atoms with Gasteiger partial charge in [-0.2, -0.15) is 0 Å². The van der Waals surface area contributed by atoms with Gasteiger partial charge in [0.25, 0.3) is 0 Å². The fraction of sp³-hybridized carbons (Fsp3) is 0.143. The summed E-state index contributed by atoms with van der Waals surface area (Å²) in [4.78, 5) is 14.1. The second-order valence-electron chi connectivity index (χ2n) is 1.96. The molecule has 0 fully saturated rings. The summed E-state index contributed by atoms with van der Waals surface area (Å²) >= 11 is 5.48. The van der Waals surface area contributed by atoms with E-state index in [9.17, 15) is 4.79 Å². The van der Waals surface area contributed by atoms with Crippen LogP contribution in [0.3, 0.4) is 0 Å². The normalized spacial score (nSPS) is 12.5. The number of aliphatic carboxylic acids is 1. The maximum Gasteiger partial charge on any atom is 0.327 e. The van der Waals surface area contributed by atoms with Crippen LogP contribution in [0.25, 0.3) is 0 Å². The van der Waals surface area contributed by atoms with E-state index < -0.39 is 11.3 Å². The van der Waals surface area contributed by atoms with E-state index in [0.29, 0.717) is 5.69 Å².